The molecule has 100 valence electrons. The minimum atomic E-state index is -0.335. The number of carbonyl (C=O) groups excluding carboxylic acids is 1. The summed E-state index contributed by atoms with van der Waals surface area (Å²) in [5.74, 6) is -0.279. The fourth-order valence-electron chi connectivity index (χ4n) is 2.39. The lowest BCUT2D eigenvalue weighted by Gasteiger charge is -2.31. The SMILES string of the molecule is CCOC(=O)c1sc(C2(N)CCCCC2)nc1C. The van der Waals surface area contributed by atoms with E-state index in [9.17, 15) is 4.79 Å². The Balaban J connectivity index is 2.25. The Morgan fingerprint density at radius 3 is 2.72 bits per heavy atom. The second-order valence-corrected chi connectivity index (χ2v) is 5.87. The van der Waals surface area contributed by atoms with E-state index in [-0.39, 0.29) is 11.5 Å². The highest BCUT2D eigenvalue weighted by atomic mass is 32.1. The van der Waals surface area contributed by atoms with Gasteiger partial charge in [-0.1, -0.05) is 19.3 Å². The summed E-state index contributed by atoms with van der Waals surface area (Å²) in [5, 5.41) is 0.891. The summed E-state index contributed by atoms with van der Waals surface area (Å²) < 4.78 is 5.03. The van der Waals surface area contributed by atoms with Gasteiger partial charge in [0.1, 0.15) is 9.88 Å². The van der Waals surface area contributed by atoms with Crippen molar-refractivity contribution in [3.05, 3.63) is 15.6 Å². The Labute approximate surface area is 112 Å². The number of ether oxygens (including phenoxy) is 1. The summed E-state index contributed by atoms with van der Waals surface area (Å²) in [6.45, 7) is 4.04. The zero-order valence-electron chi connectivity index (χ0n) is 11.0. The van der Waals surface area contributed by atoms with Gasteiger partial charge in [0.25, 0.3) is 0 Å². The van der Waals surface area contributed by atoms with E-state index < -0.39 is 0 Å². The Hall–Kier alpha value is -0.940. The Morgan fingerprint density at radius 2 is 2.11 bits per heavy atom. The first-order chi connectivity index (χ1) is 8.57. The molecule has 0 aliphatic heterocycles. The van der Waals surface area contributed by atoms with Crippen LogP contribution in [-0.4, -0.2) is 17.6 Å². The molecule has 0 saturated heterocycles. The van der Waals surface area contributed by atoms with Crippen LogP contribution in [0.3, 0.4) is 0 Å². The Bertz CT molecular complexity index is 436. The third kappa shape index (κ3) is 2.57. The molecule has 1 fully saturated rings. The highest BCUT2D eigenvalue weighted by Gasteiger charge is 2.34. The van der Waals surface area contributed by atoms with Crippen molar-refractivity contribution < 1.29 is 9.53 Å². The van der Waals surface area contributed by atoms with E-state index in [0.717, 1.165) is 36.4 Å². The highest BCUT2D eigenvalue weighted by Crippen LogP contribution is 2.37. The fraction of sp³-hybridized carbons (Fsp3) is 0.692. The van der Waals surface area contributed by atoms with Crippen LogP contribution in [0, 0.1) is 6.92 Å². The Kier molecular flexibility index (Phi) is 4.02. The van der Waals surface area contributed by atoms with Crippen molar-refractivity contribution >= 4 is 17.3 Å². The normalized spacial score (nSPS) is 18.6. The van der Waals surface area contributed by atoms with Crippen molar-refractivity contribution in [1.82, 2.24) is 4.98 Å². The number of aromatic nitrogens is 1. The topological polar surface area (TPSA) is 65.2 Å². The Morgan fingerprint density at radius 1 is 1.44 bits per heavy atom. The molecule has 1 aromatic heterocycles. The van der Waals surface area contributed by atoms with Crippen LogP contribution in [-0.2, 0) is 10.3 Å². The van der Waals surface area contributed by atoms with Gasteiger partial charge < -0.3 is 10.5 Å². The standard InChI is InChI=1S/C13H20N2O2S/c1-3-17-11(16)10-9(2)15-12(18-10)13(14)7-5-4-6-8-13/h3-8,14H2,1-2H3. The summed E-state index contributed by atoms with van der Waals surface area (Å²) in [6, 6.07) is 0. The van der Waals surface area contributed by atoms with Gasteiger partial charge in [-0.15, -0.1) is 11.3 Å². The summed E-state index contributed by atoms with van der Waals surface area (Å²) in [6.07, 6.45) is 5.45. The van der Waals surface area contributed by atoms with Gasteiger partial charge in [0.15, 0.2) is 0 Å². The van der Waals surface area contributed by atoms with Crippen LogP contribution >= 0.6 is 11.3 Å². The molecule has 0 spiro atoms. The van der Waals surface area contributed by atoms with E-state index in [2.05, 4.69) is 4.98 Å². The quantitative estimate of drug-likeness (QED) is 0.856. The second kappa shape index (κ2) is 5.36. The van der Waals surface area contributed by atoms with Crippen molar-refractivity contribution in [2.75, 3.05) is 6.61 Å². The second-order valence-electron chi connectivity index (χ2n) is 4.87. The first-order valence-electron chi connectivity index (χ1n) is 6.51. The molecular formula is C13H20N2O2S. The maximum Gasteiger partial charge on any atom is 0.350 e. The van der Waals surface area contributed by atoms with Crippen molar-refractivity contribution in [3.8, 4) is 0 Å². The lowest BCUT2D eigenvalue weighted by Crippen LogP contribution is -2.38. The lowest BCUT2D eigenvalue weighted by atomic mass is 9.83. The maximum atomic E-state index is 11.8. The number of nitrogens with two attached hydrogens (primary N) is 1. The van der Waals surface area contributed by atoms with Crippen LogP contribution in [0.25, 0.3) is 0 Å². The number of rotatable bonds is 3. The molecule has 18 heavy (non-hydrogen) atoms. The maximum absolute atomic E-state index is 11.8. The van der Waals surface area contributed by atoms with Crippen LogP contribution in [0.15, 0.2) is 0 Å². The summed E-state index contributed by atoms with van der Waals surface area (Å²) in [5.41, 5.74) is 6.84. The molecule has 1 aliphatic carbocycles. The molecule has 0 amide bonds. The third-order valence-corrected chi connectivity index (χ3v) is 4.79. The fourth-order valence-corrected chi connectivity index (χ4v) is 3.51. The largest absolute Gasteiger partial charge is 0.462 e. The highest BCUT2D eigenvalue weighted by molar-refractivity contribution is 7.13. The average molecular weight is 268 g/mol. The van der Waals surface area contributed by atoms with Gasteiger partial charge >= 0.3 is 5.97 Å². The number of thiazole rings is 1. The minimum absolute atomic E-state index is 0.279. The minimum Gasteiger partial charge on any atom is -0.462 e. The predicted octanol–water partition coefficient (Wildman–Crippen LogP) is 2.75. The van der Waals surface area contributed by atoms with Crippen molar-refractivity contribution in [2.45, 2.75) is 51.5 Å². The average Bonchev–Trinajstić information content (AvgIpc) is 2.73. The predicted molar refractivity (Wildman–Crippen MR) is 71.8 cm³/mol. The molecule has 2 rings (SSSR count). The molecule has 0 radical (unpaired) electrons. The number of esters is 1. The monoisotopic (exact) mass is 268 g/mol. The van der Waals surface area contributed by atoms with E-state index in [1.807, 2.05) is 6.92 Å². The van der Waals surface area contributed by atoms with E-state index >= 15 is 0 Å². The van der Waals surface area contributed by atoms with Gasteiger partial charge in [-0.3, -0.25) is 0 Å². The van der Waals surface area contributed by atoms with Crippen LogP contribution < -0.4 is 5.73 Å². The lowest BCUT2D eigenvalue weighted by molar-refractivity contribution is 0.0531. The van der Waals surface area contributed by atoms with Crippen LogP contribution in [0.4, 0.5) is 0 Å². The molecule has 2 N–H and O–H groups in total. The van der Waals surface area contributed by atoms with Crippen molar-refractivity contribution in [2.24, 2.45) is 5.73 Å². The van der Waals surface area contributed by atoms with Gasteiger partial charge in [-0.05, 0) is 26.7 Å². The zero-order valence-corrected chi connectivity index (χ0v) is 11.8. The first kappa shape index (κ1) is 13.5. The molecule has 0 unspecified atom stereocenters. The van der Waals surface area contributed by atoms with Crippen LogP contribution in [0.1, 0.15) is 59.4 Å². The molecule has 1 saturated carbocycles. The molecule has 0 bridgehead atoms. The van der Waals surface area contributed by atoms with E-state index in [0.29, 0.717) is 11.5 Å². The van der Waals surface area contributed by atoms with Crippen molar-refractivity contribution in [1.29, 1.82) is 0 Å². The zero-order chi connectivity index (χ0) is 13.2. The van der Waals surface area contributed by atoms with Gasteiger partial charge in [-0.2, -0.15) is 0 Å². The summed E-state index contributed by atoms with van der Waals surface area (Å²) >= 11 is 1.40. The number of hydrogen-bond donors (Lipinski definition) is 1. The molecule has 1 aromatic rings. The van der Waals surface area contributed by atoms with Gasteiger partial charge in [0.05, 0.1) is 17.8 Å². The molecule has 1 aliphatic rings. The third-order valence-electron chi connectivity index (χ3n) is 3.43. The summed E-state index contributed by atoms with van der Waals surface area (Å²) in [4.78, 5) is 16.9. The van der Waals surface area contributed by atoms with E-state index in [4.69, 9.17) is 10.5 Å². The first-order valence-corrected chi connectivity index (χ1v) is 7.32. The number of aryl methyl sites for hydroxylation is 1. The van der Waals surface area contributed by atoms with E-state index in [1.54, 1.807) is 6.92 Å². The molecular weight excluding hydrogens is 248 g/mol. The van der Waals surface area contributed by atoms with Gasteiger partial charge in [-0.25, -0.2) is 9.78 Å². The number of hydrogen-bond acceptors (Lipinski definition) is 5. The van der Waals surface area contributed by atoms with Gasteiger partial charge in [0.2, 0.25) is 0 Å². The molecule has 5 heteroatoms. The van der Waals surface area contributed by atoms with Gasteiger partial charge in [0, 0.05) is 0 Å². The molecule has 4 nitrogen and oxygen atoms in total. The number of carbonyl (C=O) groups is 1. The van der Waals surface area contributed by atoms with Crippen molar-refractivity contribution in [3.63, 3.8) is 0 Å². The van der Waals surface area contributed by atoms with E-state index in [1.165, 1.54) is 17.8 Å². The van der Waals surface area contributed by atoms with Crippen LogP contribution in [0.5, 0.6) is 0 Å². The van der Waals surface area contributed by atoms with Crippen LogP contribution in [0.2, 0.25) is 0 Å². The number of nitrogens with zero attached hydrogens (tertiary/aromatic N) is 1. The molecule has 0 aromatic carbocycles. The molecule has 1 heterocycles. The molecule has 0 atom stereocenters. The summed E-state index contributed by atoms with van der Waals surface area (Å²) in [7, 11) is 0. The smallest absolute Gasteiger partial charge is 0.350 e.